The third-order valence-electron chi connectivity index (χ3n) is 5.92. The zero-order valence-electron chi connectivity index (χ0n) is 19.7. The average molecular weight is 468 g/mol. The van der Waals surface area contributed by atoms with E-state index in [1.165, 1.54) is 0 Å². The van der Waals surface area contributed by atoms with Gasteiger partial charge < -0.3 is 25.1 Å². The van der Waals surface area contributed by atoms with Crippen molar-refractivity contribution in [1.29, 1.82) is 0 Å². The van der Waals surface area contributed by atoms with Crippen molar-refractivity contribution in [2.75, 3.05) is 25.3 Å². The number of nitrogens with two attached hydrogens (primary N) is 1. The van der Waals surface area contributed by atoms with Crippen molar-refractivity contribution < 1.29 is 14.3 Å². The fourth-order valence-electron chi connectivity index (χ4n) is 4.09. The topological polar surface area (TPSA) is 104 Å². The summed E-state index contributed by atoms with van der Waals surface area (Å²) < 4.78 is 12.6. The molecule has 8 nitrogen and oxygen atoms in total. The van der Waals surface area contributed by atoms with Gasteiger partial charge in [-0.15, -0.1) is 0 Å². The lowest BCUT2D eigenvalue weighted by Crippen LogP contribution is -2.15. The van der Waals surface area contributed by atoms with E-state index in [1.807, 2.05) is 73.7 Å². The van der Waals surface area contributed by atoms with E-state index in [2.05, 4.69) is 5.32 Å². The minimum atomic E-state index is -0.341. The lowest BCUT2D eigenvalue weighted by molar-refractivity contribution is 0.102. The van der Waals surface area contributed by atoms with Crippen LogP contribution in [0.1, 0.15) is 21.5 Å². The fourth-order valence-corrected chi connectivity index (χ4v) is 4.09. The van der Waals surface area contributed by atoms with Gasteiger partial charge in [-0.2, -0.15) is 0 Å². The van der Waals surface area contributed by atoms with Gasteiger partial charge in [0.15, 0.2) is 17.1 Å². The van der Waals surface area contributed by atoms with Crippen LogP contribution in [0.2, 0.25) is 0 Å². The summed E-state index contributed by atoms with van der Waals surface area (Å²) in [6.45, 7) is 2.36. The van der Waals surface area contributed by atoms with Crippen molar-refractivity contribution in [3.8, 4) is 11.5 Å². The van der Waals surface area contributed by atoms with Crippen LogP contribution in [0.4, 0.5) is 11.5 Å². The number of carbonyl (C=O) groups excluding carboxylic acids is 1. The number of carbonyl (C=O) groups is 1. The van der Waals surface area contributed by atoms with Crippen LogP contribution in [0, 0.1) is 6.92 Å². The summed E-state index contributed by atoms with van der Waals surface area (Å²) >= 11 is 0. The van der Waals surface area contributed by atoms with Crippen molar-refractivity contribution >= 4 is 39.6 Å². The number of nitrogen functional groups attached to an aromatic ring is 1. The number of aromatic nitrogens is 3. The predicted molar refractivity (Wildman–Crippen MR) is 137 cm³/mol. The quantitative estimate of drug-likeness (QED) is 0.372. The second kappa shape index (κ2) is 8.98. The molecule has 0 bridgehead atoms. The molecule has 3 N–H and O–H groups in total. The molecule has 35 heavy (non-hydrogen) atoms. The number of fused-ring (bicyclic) bond motifs is 2. The highest BCUT2D eigenvalue weighted by Gasteiger charge is 2.24. The van der Waals surface area contributed by atoms with E-state index in [9.17, 15) is 4.79 Å². The molecule has 8 heteroatoms. The Kier molecular flexibility index (Phi) is 5.70. The van der Waals surface area contributed by atoms with E-state index in [4.69, 9.17) is 25.2 Å². The van der Waals surface area contributed by atoms with E-state index in [0.717, 1.165) is 16.6 Å². The fraction of sp³-hybridized carbons (Fsp3) is 0.148. The molecule has 0 aliphatic heterocycles. The molecule has 5 aromatic rings. The number of para-hydroxylation sites is 2. The van der Waals surface area contributed by atoms with Crippen molar-refractivity contribution in [2.24, 2.45) is 0 Å². The number of hydrogen-bond donors (Lipinski definition) is 2. The summed E-state index contributed by atoms with van der Waals surface area (Å²) in [4.78, 5) is 23.0. The number of nitrogens with one attached hydrogen (secondary N) is 1. The van der Waals surface area contributed by atoms with Crippen LogP contribution in [0.5, 0.6) is 11.5 Å². The third kappa shape index (κ3) is 4.10. The smallest absolute Gasteiger partial charge is 0.261 e. The Hall–Kier alpha value is -4.59. The highest BCUT2D eigenvalue weighted by molar-refractivity contribution is 6.16. The van der Waals surface area contributed by atoms with Gasteiger partial charge in [-0.05, 0) is 48.9 Å². The Morgan fingerprint density at radius 3 is 2.31 bits per heavy atom. The number of benzene rings is 3. The maximum Gasteiger partial charge on any atom is 0.261 e. The van der Waals surface area contributed by atoms with Gasteiger partial charge in [0.05, 0.1) is 31.8 Å². The first-order valence-corrected chi connectivity index (χ1v) is 11.1. The third-order valence-corrected chi connectivity index (χ3v) is 5.92. The Labute approximate surface area is 202 Å². The average Bonchev–Trinajstić information content (AvgIpc) is 3.14. The SMILES string of the molecule is COc1ccc(Cn2c(N)c(C(=O)Nc3ccc(C)cc3)c3nc4ccccc4nc32)cc1OC. The first-order chi connectivity index (χ1) is 17.0. The Balaban J connectivity index is 1.64. The molecule has 0 fully saturated rings. The second-order valence-electron chi connectivity index (χ2n) is 8.24. The summed E-state index contributed by atoms with van der Waals surface area (Å²) in [5.41, 5.74) is 12.0. The van der Waals surface area contributed by atoms with E-state index in [1.54, 1.807) is 18.8 Å². The molecule has 0 aliphatic carbocycles. The molecular formula is C27H25N5O3. The van der Waals surface area contributed by atoms with Gasteiger partial charge in [-0.1, -0.05) is 35.9 Å². The van der Waals surface area contributed by atoms with Crippen molar-refractivity contribution in [2.45, 2.75) is 13.5 Å². The molecule has 0 aliphatic rings. The molecule has 2 aromatic heterocycles. The number of amides is 1. The molecule has 1 amide bonds. The van der Waals surface area contributed by atoms with Crippen LogP contribution in [0.3, 0.4) is 0 Å². The van der Waals surface area contributed by atoms with Gasteiger partial charge in [-0.3, -0.25) is 4.79 Å². The number of hydrogen-bond acceptors (Lipinski definition) is 6. The van der Waals surface area contributed by atoms with E-state index < -0.39 is 0 Å². The van der Waals surface area contributed by atoms with Gasteiger partial charge in [0.25, 0.3) is 5.91 Å². The van der Waals surface area contributed by atoms with Crippen LogP contribution >= 0.6 is 0 Å². The van der Waals surface area contributed by atoms with Crippen LogP contribution < -0.4 is 20.5 Å². The first kappa shape index (κ1) is 22.2. The highest BCUT2D eigenvalue weighted by Crippen LogP contribution is 2.32. The molecule has 0 saturated carbocycles. The zero-order chi connectivity index (χ0) is 24.5. The summed E-state index contributed by atoms with van der Waals surface area (Å²) in [6.07, 6.45) is 0. The lowest BCUT2D eigenvalue weighted by atomic mass is 10.2. The van der Waals surface area contributed by atoms with Crippen molar-refractivity contribution in [1.82, 2.24) is 14.5 Å². The van der Waals surface area contributed by atoms with Gasteiger partial charge in [0.1, 0.15) is 16.9 Å². The Morgan fingerprint density at radius 1 is 0.943 bits per heavy atom. The highest BCUT2D eigenvalue weighted by atomic mass is 16.5. The molecule has 0 unspecified atom stereocenters. The Bertz CT molecular complexity index is 1560. The lowest BCUT2D eigenvalue weighted by Gasteiger charge is -2.12. The largest absolute Gasteiger partial charge is 0.493 e. The van der Waals surface area contributed by atoms with Gasteiger partial charge in [0, 0.05) is 5.69 Å². The number of anilines is 2. The first-order valence-electron chi connectivity index (χ1n) is 11.1. The molecule has 5 rings (SSSR count). The normalized spacial score (nSPS) is 11.1. The second-order valence-corrected chi connectivity index (χ2v) is 8.24. The minimum absolute atomic E-state index is 0.287. The van der Waals surface area contributed by atoms with E-state index >= 15 is 0 Å². The Morgan fingerprint density at radius 2 is 1.63 bits per heavy atom. The number of aryl methyl sites for hydroxylation is 1. The number of methoxy groups -OCH3 is 2. The van der Waals surface area contributed by atoms with Crippen molar-refractivity contribution in [3.05, 3.63) is 83.4 Å². The van der Waals surface area contributed by atoms with E-state index in [0.29, 0.717) is 46.0 Å². The van der Waals surface area contributed by atoms with Crippen LogP contribution in [-0.2, 0) is 6.54 Å². The summed E-state index contributed by atoms with van der Waals surface area (Å²) in [5.74, 6) is 1.18. The zero-order valence-corrected chi connectivity index (χ0v) is 19.7. The predicted octanol–water partition coefficient (Wildman–Crippen LogP) is 4.79. The van der Waals surface area contributed by atoms with Gasteiger partial charge >= 0.3 is 0 Å². The molecule has 3 aromatic carbocycles. The molecular weight excluding hydrogens is 442 g/mol. The molecule has 0 spiro atoms. The standard InChI is InChI=1S/C27H25N5O3/c1-16-8-11-18(12-9-16)29-27(33)23-24-26(31-20-7-5-4-6-19(20)30-24)32(25(23)28)15-17-10-13-21(34-2)22(14-17)35-3/h4-14H,15,28H2,1-3H3,(H,29,33). The van der Waals surface area contributed by atoms with Crippen LogP contribution in [0.25, 0.3) is 22.2 Å². The van der Waals surface area contributed by atoms with Crippen LogP contribution in [0.15, 0.2) is 66.7 Å². The molecule has 0 atom stereocenters. The summed E-state index contributed by atoms with van der Waals surface area (Å²) in [5, 5.41) is 2.94. The molecule has 0 radical (unpaired) electrons. The summed E-state index contributed by atoms with van der Waals surface area (Å²) in [7, 11) is 3.18. The van der Waals surface area contributed by atoms with E-state index in [-0.39, 0.29) is 11.7 Å². The van der Waals surface area contributed by atoms with Crippen LogP contribution in [-0.4, -0.2) is 34.7 Å². The molecule has 2 heterocycles. The van der Waals surface area contributed by atoms with Crippen molar-refractivity contribution in [3.63, 3.8) is 0 Å². The van der Waals surface area contributed by atoms with Gasteiger partial charge in [-0.25, -0.2) is 9.97 Å². The summed E-state index contributed by atoms with van der Waals surface area (Å²) in [6, 6.07) is 20.8. The maximum atomic E-state index is 13.4. The maximum absolute atomic E-state index is 13.4. The van der Waals surface area contributed by atoms with Gasteiger partial charge in [0.2, 0.25) is 0 Å². The minimum Gasteiger partial charge on any atom is -0.493 e. The molecule has 0 saturated heterocycles. The number of rotatable bonds is 6. The number of nitrogens with zero attached hydrogens (tertiary/aromatic N) is 3. The monoisotopic (exact) mass is 467 g/mol. The molecule has 176 valence electrons. The number of ether oxygens (including phenoxy) is 2.